The van der Waals surface area contributed by atoms with Crippen molar-refractivity contribution in [1.29, 1.82) is 0 Å². The van der Waals surface area contributed by atoms with Crippen molar-refractivity contribution in [3.63, 3.8) is 0 Å². The van der Waals surface area contributed by atoms with E-state index in [0.717, 1.165) is 30.9 Å². The zero-order valence-corrected chi connectivity index (χ0v) is 22.1. The fourth-order valence-electron chi connectivity index (χ4n) is 4.68. The number of nitrogens with one attached hydrogen (secondary N) is 1. The van der Waals surface area contributed by atoms with Crippen LogP contribution in [0.15, 0.2) is 41.3 Å². The summed E-state index contributed by atoms with van der Waals surface area (Å²) in [5.41, 5.74) is 4.10. The summed E-state index contributed by atoms with van der Waals surface area (Å²) in [7, 11) is -3.31. The molecule has 194 valence electrons. The van der Waals surface area contributed by atoms with E-state index in [-0.39, 0.29) is 18.4 Å². The molecule has 2 heterocycles. The Bertz CT molecular complexity index is 1270. The van der Waals surface area contributed by atoms with Crippen LogP contribution in [0.3, 0.4) is 0 Å². The molecule has 1 aliphatic heterocycles. The molecule has 36 heavy (non-hydrogen) atoms. The van der Waals surface area contributed by atoms with E-state index in [1.165, 1.54) is 12.8 Å². The van der Waals surface area contributed by atoms with Crippen LogP contribution in [0, 0.1) is 6.92 Å². The third-order valence-electron chi connectivity index (χ3n) is 6.60. The van der Waals surface area contributed by atoms with Crippen LogP contribution in [-0.2, 0) is 9.84 Å². The Morgan fingerprint density at radius 2 is 1.81 bits per heavy atom. The number of benzene rings is 2. The predicted molar refractivity (Wildman–Crippen MR) is 144 cm³/mol. The molecule has 4 rings (SSSR count). The molecule has 1 fully saturated rings. The maximum atomic E-state index is 12.7. The summed E-state index contributed by atoms with van der Waals surface area (Å²) < 4.78 is 25.4. The number of hydrogen-bond acceptors (Lipinski definition) is 9. The van der Waals surface area contributed by atoms with Crippen molar-refractivity contribution < 1.29 is 13.5 Å². The standard InChI is InChI=1S/C26H36N6O3S/c1-19(2)32(14-15-33)25-18-24-23(17-20(25)3)28-26(30-29-24)27-21-7-9-22(10-8-21)36(34,35)16-6-13-31-11-4-5-12-31/h7-10,17-19,33H,4-6,11-16H2,1-3H3,(H,27,28,30). The smallest absolute Gasteiger partial charge is 0.247 e. The second-order valence-corrected chi connectivity index (χ2v) is 11.8. The van der Waals surface area contributed by atoms with Crippen molar-refractivity contribution in [2.75, 3.05) is 48.8 Å². The van der Waals surface area contributed by atoms with Crippen molar-refractivity contribution in [2.24, 2.45) is 0 Å². The largest absolute Gasteiger partial charge is 0.395 e. The lowest BCUT2D eigenvalue weighted by molar-refractivity contribution is 0.299. The number of anilines is 3. The number of rotatable bonds is 11. The lowest BCUT2D eigenvalue weighted by Crippen LogP contribution is -2.34. The van der Waals surface area contributed by atoms with E-state index in [2.05, 4.69) is 44.1 Å². The van der Waals surface area contributed by atoms with Crippen molar-refractivity contribution in [3.05, 3.63) is 42.0 Å². The van der Waals surface area contributed by atoms with Gasteiger partial charge in [0.25, 0.3) is 0 Å². The first-order valence-corrected chi connectivity index (χ1v) is 14.3. The van der Waals surface area contributed by atoms with Crippen LogP contribution < -0.4 is 10.2 Å². The number of hydrogen-bond donors (Lipinski definition) is 2. The molecule has 2 N–H and O–H groups in total. The third kappa shape index (κ3) is 6.29. The van der Waals surface area contributed by atoms with Crippen molar-refractivity contribution in [2.45, 2.75) is 51.0 Å². The van der Waals surface area contributed by atoms with Crippen LogP contribution in [0.25, 0.3) is 11.0 Å². The van der Waals surface area contributed by atoms with Gasteiger partial charge in [-0.2, -0.15) is 0 Å². The van der Waals surface area contributed by atoms with Gasteiger partial charge in [0.05, 0.1) is 22.8 Å². The van der Waals surface area contributed by atoms with E-state index in [0.29, 0.717) is 40.5 Å². The summed E-state index contributed by atoms with van der Waals surface area (Å²) in [5, 5.41) is 21.1. The number of sulfone groups is 1. The van der Waals surface area contributed by atoms with E-state index in [9.17, 15) is 13.5 Å². The molecule has 0 bridgehead atoms. The van der Waals surface area contributed by atoms with Crippen LogP contribution in [-0.4, -0.2) is 78.2 Å². The molecule has 0 amide bonds. The van der Waals surface area contributed by atoms with Gasteiger partial charge >= 0.3 is 0 Å². The number of nitrogens with zero attached hydrogens (tertiary/aromatic N) is 5. The fraction of sp³-hybridized carbons (Fsp3) is 0.500. The van der Waals surface area contributed by atoms with E-state index < -0.39 is 9.84 Å². The van der Waals surface area contributed by atoms with Crippen molar-refractivity contribution in [1.82, 2.24) is 20.1 Å². The molecule has 9 nitrogen and oxygen atoms in total. The molecule has 0 atom stereocenters. The number of fused-ring (bicyclic) bond motifs is 1. The summed E-state index contributed by atoms with van der Waals surface area (Å²) in [6, 6.07) is 10.9. The van der Waals surface area contributed by atoms with E-state index in [1.807, 2.05) is 19.1 Å². The SMILES string of the molecule is Cc1cc2nc(Nc3ccc(S(=O)(=O)CCCN4CCCC4)cc3)nnc2cc1N(CCO)C(C)C. The molecule has 0 radical (unpaired) electrons. The highest BCUT2D eigenvalue weighted by Crippen LogP contribution is 2.27. The van der Waals surface area contributed by atoms with Gasteiger partial charge in [-0.3, -0.25) is 0 Å². The van der Waals surface area contributed by atoms with Gasteiger partial charge in [0.1, 0.15) is 5.52 Å². The molecule has 0 spiro atoms. The average molecular weight is 513 g/mol. The monoisotopic (exact) mass is 512 g/mol. The maximum Gasteiger partial charge on any atom is 0.247 e. The Morgan fingerprint density at radius 3 is 2.47 bits per heavy atom. The number of likely N-dealkylation sites (tertiary alicyclic amines) is 1. The van der Waals surface area contributed by atoms with Gasteiger partial charge in [0.15, 0.2) is 9.84 Å². The Balaban J connectivity index is 1.44. The highest BCUT2D eigenvalue weighted by Gasteiger charge is 2.18. The van der Waals surface area contributed by atoms with Crippen LogP contribution in [0.1, 0.15) is 38.7 Å². The third-order valence-corrected chi connectivity index (χ3v) is 8.42. The van der Waals surface area contributed by atoms with Crippen LogP contribution in [0.2, 0.25) is 0 Å². The number of aromatic nitrogens is 3. The Kier molecular flexibility index (Phi) is 8.38. The van der Waals surface area contributed by atoms with Gasteiger partial charge in [0, 0.05) is 24.0 Å². The highest BCUT2D eigenvalue weighted by molar-refractivity contribution is 7.91. The second kappa shape index (κ2) is 11.5. The summed E-state index contributed by atoms with van der Waals surface area (Å²) in [6.45, 7) is 9.78. The Morgan fingerprint density at radius 1 is 1.08 bits per heavy atom. The minimum Gasteiger partial charge on any atom is -0.395 e. The number of aliphatic hydroxyl groups is 1. The van der Waals surface area contributed by atoms with Gasteiger partial charge in [0.2, 0.25) is 5.95 Å². The summed E-state index contributed by atoms with van der Waals surface area (Å²) in [5.74, 6) is 0.494. The molecular weight excluding hydrogens is 476 g/mol. The first-order valence-electron chi connectivity index (χ1n) is 12.6. The quantitative estimate of drug-likeness (QED) is 0.398. The molecule has 1 saturated heterocycles. The minimum atomic E-state index is -3.31. The number of aliphatic hydroxyl groups excluding tert-OH is 1. The molecule has 2 aromatic carbocycles. The van der Waals surface area contributed by atoms with E-state index >= 15 is 0 Å². The molecule has 0 aliphatic carbocycles. The highest BCUT2D eigenvalue weighted by atomic mass is 32.2. The zero-order valence-electron chi connectivity index (χ0n) is 21.3. The van der Waals surface area contributed by atoms with Gasteiger partial charge in [-0.25, -0.2) is 13.4 Å². The summed E-state index contributed by atoms with van der Waals surface area (Å²) >= 11 is 0. The minimum absolute atomic E-state index is 0.0706. The normalized spacial score (nSPS) is 14.6. The first kappa shape index (κ1) is 26.2. The Hall–Kier alpha value is -2.82. The maximum absolute atomic E-state index is 12.7. The van der Waals surface area contributed by atoms with Crippen LogP contribution in [0.5, 0.6) is 0 Å². The average Bonchev–Trinajstić information content (AvgIpc) is 3.36. The van der Waals surface area contributed by atoms with Crippen molar-refractivity contribution in [3.8, 4) is 0 Å². The zero-order chi connectivity index (χ0) is 25.7. The van der Waals surface area contributed by atoms with Gasteiger partial charge < -0.3 is 20.2 Å². The molecule has 0 saturated carbocycles. The van der Waals surface area contributed by atoms with Gasteiger partial charge in [-0.15, -0.1) is 10.2 Å². The summed E-state index contributed by atoms with van der Waals surface area (Å²) in [6.07, 6.45) is 3.06. The van der Waals surface area contributed by atoms with E-state index in [1.54, 1.807) is 24.3 Å². The summed E-state index contributed by atoms with van der Waals surface area (Å²) in [4.78, 5) is 9.38. The number of aryl methyl sites for hydroxylation is 1. The lowest BCUT2D eigenvalue weighted by atomic mass is 10.1. The molecule has 1 aromatic heterocycles. The lowest BCUT2D eigenvalue weighted by Gasteiger charge is -2.29. The van der Waals surface area contributed by atoms with Crippen LogP contribution >= 0.6 is 0 Å². The van der Waals surface area contributed by atoms with Crippen molar-refractivity contribution >= 4 is 38.2 Å². The second-order valence-electron chi connectivity index (χ2n) is 9.64. The van der Waals surface area contributed by atoms with Crippen LogP contribution in [0.4, 0.5) is 17.3 Å². The topological polar surface area (TPSA) is 112 Å². The molecule has 3 aromatic rings. The first-order chi connectivity index (χ1) is 17.3. The van der Waals surface area contributed by atoms with Gasteiger partial charge in [-0.1, -0.05) is 0 Å². The molecule has 10 heteroatoms. The molecular formula is C26H36N6O3S. The molecule has 0 unspecified atom stereocenters. The fourth-order valence-corrected chi connectivity index (χ4v) is 5.98. The predicted octanol–water partition coefficient (Wildman–Crippen LogP) is 3.54. The van der Waals surface area contributed by atoms with E-state index in [4.69, 9.17) is 0 Å². The van der Waals surface area contributed by atoms with Gasteiger partial charge in [-0.05, 0) is 102 Å². The molecule has 1 aliphatic rings. The Labute approximate surface area is 213 Å².